The van der Waals surface area contributed by atoms with Gasteiger partial charge in [0.15, 0.2) is 0 Å². The smallest absolute Gasteiger partial charge is 0.221 e. The monoisotopic (exact) mass is 264 g/mol. The Morgan fingerprint density at radius 3 is 2.79 bits per heavy atom. The summed E-state index contributed by atoms with van der Waals surface area (Å²) in [6.45, 7) is 10.3. The average molecular weight is 264 g/mol. The molecule has 0 radical (unpaired) electrons. The van der Waals surface area contributed by atoms with Gasteiger partial charge in [0.05, 0.1) is 12.2 Å². The lowest BCUT2D eigenvalue weighted by Gasteiger charge is -2.22. The van der Waals surface area contributed by atoms with Crippen molar-refractivity contribution in [3.63, 3.8) is 0 Å². The highest BCUT2D eigenvalue weighted by atomic mass is 16.5. The van der Waals surface area contributed by atoms with E-state index < -0.39 is 0 Å². The standard InChI is InChI=1S/C14H24N4O/c1-4-19-14-12(3)13(15-10-16-14)17-11(2)9-18-7-5-6-8-18/h10-11H,4-9H2,1-3H3,(H,15,16,17). The van der Waals surface area contributed by atoms with Crippen molar-refractivity contribution in [2.45, 2.75) is 39.7 Å². The molecule has 0 saturated carbocycles. The molecular weight excluding hydrogens is 240 g/mol. The molecule has 2 heterocycles. The van der Waals surface area contributed by atoms with E-state index in [1.807, 2.05) is 13.8 Å². The largest absolute Gasteiger partial charge is 0.478 e. The molecule has 0 amide bonds. The molecule has 1 N–H and O–H groups in total. The maximum Gasteiger partial charge on any atom is 0.221 e. The second-order valence-corrected chi connectivity index (χ2v) is 5.14. The fraction of sp³-hybridized carbons (Fsp3) is 0.714. The summed E-state index contributed by atoms with van der Waals surface area (Å²) in [7, 11) is 0. The Hall–Kier alpha value is -1.36. The highest BCUT2D eigenvalue weighted by Gasteiger charge is 2.16. The molecule has 1 aliphatic rings. The van der Waals surface area contributed by atoms with E-state index in [-0.39, 0.29) is 0 Å². The number of nitrogens with one attached hydrogen (secondary N) is 1. The molecule has 1 fully saturated rings. The lowest BCUT2D eigenvalue weighted by atomic mass is 10.2. The maximum atomic E-state index is 5.49. The number of likely N-dealkylation sites (tertiary alicyclic amines) is 1. The van der Waals surface area contributed by atoms with Crippen molar-refractivity contribution >= 4 is 5.82 Å². The van der Waals surface area contributed by atoms with Crippen LogP contribution < -0.4 is 10.1 Å². The molecule has 1 aromatic heterocycles. The summed E-state index contributed by atoms with van der Waals surface area (Å²) < 4.78 is 5.49. The molecule has 2 rings (SSSR count). The topological polar surface area (TPSA) is 50.3 Å². The lowest BCUT2D eigenvalue weighted by molar-refractivity contribution is 0.322. The fourth-order valence-electron chi connectivity index (χ4n) is 2.49. The minimum atomic E-state index is 0.376. The maximum absolute atomic E-state index is 5.49. The van der Waals surface area contributed by atoms with Gasteiger partial charge in [-0.15, -0.1) is 0 Å². The summed E-state index contributed by atoms with van der Waals surface area (Å²) in [6.07, 6.45) is 4.21. The summed E-state index contributed by atoms with van der Waals surface area (Å²) in [5.41, 5.74) is 0.984. The van der Waals surface area contributed by atoms with Gasteiger partial charge in [-0.1, -0.05) is 0 Å². The van der Waals surface area contributed by atoms with Gasteiger partial charge in [-0.3, -0.25) is 0 Å². The van der Waals surface area contributed by atoms with Gasteiger partial charge >= 0.3 is 0 Å². The first kappa shape index (κ1) is 14.1. The van der Waals surface area contributed by atoms with Crippen LogP contribution in [0.2, 0.25) is 0 Å². The van der Waals surface area contributed by atoms with Crippen LogP contribution in [0.4, 0.5) is 5.82 Å². The Balaban J connectivity index is 1.95. The quantitative estimate of drug-likeness (QED) is 0.852. The van der Waals surface area contributed by atoms with Crippen molar-refractivity contribution in [3.05, 3.63) is 11.9 Å². The van der Waals surface area contributed by atoms with Gasteiger partial charge < -0.3 is 15.0 Å². The molecule has 1 aromatic rings. The third kappa shape index (κ3) is 3.80. The molecule has 1 atom stereocenters. The van der Waals surface area contributed by atoms with Crippen molar-refractivity contribution in [2.24, 2.45) is 0 Å². The molecule has 0 spiro atoms. The van der Waals surface area contributed by atoms with Crippen molar-refractivity contribution < 1.29 is 4.74 Å². The van der Waals surface area contributed by atoms with Crippen molar-refractivity contribution in [2.75, 3.05) is 31.6 Å². The van der Waals surface area contributed by atoms with E-state index in [2.05, 4.69) is 27.1 Å². The third-order valence-corrected chi connectivity index (χ3v) is 3.43. The van der Waals surface area contributed by atoms with Gasteiger partial charge in [0.25, 0.3) is 0 Å². The van der Waals surface area contributed by atoms with Gasteiger partial charge in [0, 0.05) is 12.6 Å². The second-order valence-electron chi connectivity index (χ2n) is 5.14. The molecule has 1 saturated heterocycles. The molecule has 1 aliphatic heterocycles. The normalized spacial score (nSPS) is 17.4. The Bertz CT molecular complexity index is 404. The zero-order valence-corrected chi connectivity index (χ0v) is 12.1. The molecule has 1 unspecified atom stereocenters. The number of hydrogen-bond acceptors (Lipinski definition) is 5. The molecule has 0 aromatic carbocycles. The molecule has 5 heteroatoms. The number of nitrogens with zero attached hydrogens (tertiary/aromatic N) is 3. The fourth-order valence-corrected chi connectivity index (χ4v) is 2.49. The van der Waals surface area contributed by atoms with Crippen LogP contribution in [0.3, 0.4) is 0 Å². The Morgan fingerprint density at radius 2 is 2.11 bits per heavy atom. The first-order valence-corrected chi connectivity index (χ1v) is 7.14. The van der Waals surface area contributed by atoms with E-state index in [1.54, 1.807) is 6.33 Å². The second kappa shape index (κ2) is 6.70. The van der Waals surface area contributed by atoms with Gasteiger partial charge in [0.1, 0.15) is 12.1 Å². The number of aromatic nitrogens is 2. The van der Waals surface area contributed by atoms with Crippen LogP contribution in [-0.2, 0) is 0 Å². The van der Waals surface area contributed by atoms with Crippen LogP contribution in [0.25, 0.3) is 0 Å². The van der Waals surface area contributed by atoms with Crippen molar-refractivity contribution in [3.8, 4) is 5.88 Å². The molecule has 106 valence electrons. The number of ether oxygens (including phenoxy) is 1. The van der Waals surface area contributed by atoms with Crippen LogP contribution in [0.15, 0.2) is 6.33 Å². The van der Waals surface area contributed by atoms with E-state index in [1.165, 1.54) is 25.9 Å². The summed E-state index contributed by atoms with van der Waals surface area (Å²) in [5, 5.41) is 3.46. The van der Waals surface area contributed by atoms with E-state index in [9.17, 15) is 0 Å². The van der Waals surface area contributed by atoms with Crippen LogP contribution in [0.1, 0.15) is 32.3 Å². The minimum absolute atomic E-state index is 0.376. The number of anilines is 1. The van der Waals surface area contributed by atoms with E-state index in [0.717, 1.165) is 17.9 Å². The van der Waals surface area contributed by atoms with Gasteiger partial charge in [-0.2, -0.15) is 0 Å². The Morgan fingerprint density at radius 1 is 1.37 bits per heavy atom. The molecule has 0 aliphatic carbocycles. The number of hydrogen-bond donors (Lipinski definition) is 1. The molecule has 19 heavy (non-hydrogen) atoms. The molecular formula is C14H24N4O. The van der Waals surface area contributed by atoms with Crippen LogP contribution in [-0.4, -0.2) is 47.2 Å². The van der Waals surface area contributed by atoms with Gasteiger partial charge in [0.2, 0.25) is 5.88 Å². The minimum Gasteiger partial charge on any atom is -0.478 e. The predicted molar refractivity (Wildman–Crippen MR) is 76.7 cm³/mol. The molecule has 0 bridgehead atoms. The summed E-state index contributed by atoms with van der Waals surface area (Å²) in [6, 6.07) is 0.376. The van der Waals surface area contributed by atoms with Crippen molar-refractivity contribution in [1.29, 1.82) is 0 Å². The SMILES string of the molecule is CCOc1ncnc(NC(C)CN2CCCC2)c1C. The summed E-state index contributed by atoms with van der Waals surface area (Å²) in [4.78, 5) is 11.0. The van der Waals surface area contributed by atoms with Crippen LogP contribution in [0.5, 0.6) is 5.88 Å². The van der Waals surface area contributed by atoms with Gasteiger partial charge in [-0.25, -0.2) is 9.97 Å². The van der Waals surface area contributed by atoms with Crippen LogP contribution in [0, 0.1) is 6.92 Å². The lowest BCUT2D eigenvalue weighted by Crippen LogP contribution is -2.33. The highest BCUT2D eigenvalue weighted by Crippen LogP contribution is 2.21. The van der Waals surface area contributed by atoms with E-state index in [0.29, 0.717) is 18.5 Å². The van der Waals surface area contributed by atoms with E-state index >= 15 is 0 Å². The Labute approximate surface area is 115 Å². The van der Waals surface area contributed by atoms with Crippen LogP contribution >= 0.6 is 0 Å². The van der Waals surface area contributed by atoms with Gasteiger partial charge in [-0.05, 0) is 46.7 Å². The zero-order chi connectivity index (χ0) is 13.7. The zero-order valence-electron chi connectivity index (χ0n) is 12.1. The van der Waals surface area contributed by atoms with E-state index in [4.69, 9.17) is 4.74 Å². The first-order chi connectivity index (χ1) is 9.20. The highest BCUT2D eigenvalue weighted by molar-refractivity contribution is 5.48. The predicted octanol–water partition coefficient (Wildman–Crippen LogP) is 2.08. The Kier molecular flexibility index (Phi) is 4.96. The van der Waals surface area contributed by atoms with Crippen molar-refractivity contribution in [1.82, 2.24) is 14.9 Å². The first-order valence-electron chi connectivity index (χ1n) is 7.14. The molecule has 5 nitrogen and oxygen atoms in total. The number of rotatable bonds is 6. The average Bonchev–Trinajstić information content (AvgIpc) is 2.87. The summed E-state index contributed by atoms with van der Waals surface area (Å²) in [5.74, 6) is 1.55. The summed E-state index contributed by atoms with van der Waals surface area (Å²) >= 11 is 0. The third-order valence-electron chi connectivity index (χ3n) is 3.43.